The first kappa shape index (κ1) is 74.5. The maximum Gasteiger partial charge on any atom is 0.0533 e. The predicted molar refractivity (Wildman–Crippen MR) is 148 cm³/mol. The van der Waals surface area contributed by atoms with E-state index in [9.17, 15) is 20.2 Å². The summed E-state index contributed by atoms with van der Waals surface area (Å²) in [5, 5.41) is 30.4. The van der Waals surface area contributed by atoms with E-state index in [4.69, 9.17) is 0 Å². The molecule has 0 amide bonds. The molecule has 42 heavy (non-hydrogen) atoms. The van der Waals surface area contributed by atoms with Crippen LogP contribution in [0.1, 0.15) is 7.43 Å². The fourth-order valence-corrected chi connectivity index (χ4v) is 1.20. The van der Waals surface area contributed by atoms with E-state index in [-0.39, 0.29) is 180 Å². The number of nitrogens with two attached hydrogens (primary N) is 1. The zero-order chi connectivity index (χ0) is 27.7. The van der Waals surface area contributed by atoms with Gasteiger partial charge in [-0.05, 0) is 16.9 Å². The van der Waals surface area contributed by atoms with Crippen LogP contribution in [0.15, 0.2) is 60.7 Å². The van der Waals surface area contributed by atoms with Crippen LogP contribution in [-0.2, 0) is 161 Å². The van der Waals surface area contributed by atoms with Crippen molar-refractivity contribution < 1.29 is 171 Å². The van der Waals surface area contributed by atoms with Gasteiger partial charge in [0, 0.05) is 161 Å². The summed E-state index contributed by atoms with van der Waals surface area (Å²) in [6.45, 7) is 0. The Labute approximate surface area is 372 Å². The van der Waals surface area contributed by atoms with Crippen LogP contribution < -0.4 is 5.73 Å². The molecule has 10 nitrogen and oxygen atoms in total. The van der Waals surface area contributed by atoms with E-state index in [0.29, 0.717) is 0 Å². The predicted octanol–water partition coefficient (Wildman–Crippen LogP) is 5.73. The Bertz CT molecular complexity index is 730. The first-order chi connectivity index (χ1) is 16.9. The fourth-order valence-electron chi connectivity index (χ4n) is 1.20. The molecule has 16 heteroatoms. The number of non-ortho nitro benzene ring substituents is 2. The SMILES string of the molecule is C.CN.C[N-]C.C[N-]C.C[N-]C.O=[N+]([O-])c1[c-]cc[c-]c1.O=[N+]([O-])c1[c-]cc[c-]c1.[W].[W].[W].[Y].[Y].[Y].[c-]1cc[c-]cc1. The van der Waals surface area contributed by atoms with Gasteiger partial charge in [-0.3, -0.25) is 68.8 Å². The summed E-state index contributed by atoms with van der Waals surface area (Å²) in [4.78, 5) is 18.9. The standard InChI is InChI=1S/2C6H3NO2.C6H4.3C2H6N.CH5N.CH4.3W.3Y/c2*8-7(9)6-4-2-1-3-5-6;1-2-4-6-5-3-1;3*1-3-2;1-2;;;;;;;/h2*1-2,5H;1-2,5-6H;3*1-2H3;2H2,1H3;1H4;;;;;;/q3*-2;3*-1;;;;;;;;. The normalized spacial score (nSPS) is 6.38. The van der Waals surface area contributed by atoms with Crippen molar-refractivity contribution in [3.8, 4) is 0 Å². The van der Waals surface area contributed by atoms with Gasteiger partial charge in [0.25, 0.3) is 0 Å². The molecule has 0 aromatic heterocycles. The van der Waals surface area contributed by atoms with E-state index in [0.717, 1.165) is 0 Å². The summed E-state index contributed by atoms with van der Waals surface area (Å²) in [7, 11) is 12.0. The molecular weight excluding hydrogens is 1280 g/mol. The zero-order valence-corrected chi connectivity index (χ0v) is 41.5. The second kappa shape index (κ2) is 69.4. The summed E-state index contributed by atoms with van der Waals surface area (Å²) in [6.07, 6.45) is 0. The van der Waals surface area contributed by atoms with Crippen LogP contribution >= 0.6 is 0 Å². The van der Waals surface area contributed by atoms with Crippen molar-refractivity contribution >= 4 is 11.4 Å². The maximum absolute atomic E-state index is 9.96. The molecule has 2 N–H and O–H groups in total. The molecular formula is C26H37N6O4W3Y3-9. The van der Waals surface area contributed by atoms with E-state index in [1.807, 2.05) is 24.3 Å². The van der Waals surface area contributed by atoms with Crippen LogP contribution in [0, 0.1) is 56.6 Å². The summed E-state index contributed by atoms with van der Waals surface area (Å²) < 4.78 is 0. The number of nitro benzene ring substituents is 2. The number of hydrogen-bond donors (Lipinski definition) is 1. The van der Waals surface area contributed by atoms with Gasteiger partial charge in [-0.1, -0.05) is 7.43 Å². The second-order valence-corrected chi connectivity index (χ2v) is 5.20. The van der Waals surface area contributed by atoms with Crippen molar-refractivity contribution in [2.45, 2.75) is 7.43 Å². The Morgan fingerprint density at radius 1 is 0.548 bits per heavy atom. The summed E-state index contributed by atoms with van der Waals surface area (Å²) in [5.74, 6) is 0. The summed E-state index contributed by atoms with van der Waals surface area (Å²) in [6, 6.07) is 31.6. The van der Waals surface area contributed by atoms with E-state index >= 15 is 0 Å². The van der Waals surface area contributed by atoms with Crippen LogP contribution in [0.4, 0.5) is 11.4 Å². The van der Waals surface area contributed by atoms with E-state index in [1.165, 1.54) is 31.3 Å². The van der Waals surface area contributed by atoms with Crippen LogP contribution in [0.3, 0.4) is 0 Å². The quantitative estimate of drug-likeness (QED) is 0.197. The van der Waals surface area contributed by atoms with Crippen molar-refractivity contribution in [3.63, 3.8) is 0 Å². The second-order valence-electron chi connectivity index (χ2n) is 5.20. The summed E-state index contributed by atoms with van der Waals surface area (Å²) in [5.41, 5.74) is 4.41. The third-order valence-corrected chi connectivity index (χ3v) is 2.21. The van der Waals surface area contributed by atoms with Gasteiger partial charge in [0.15, 0.2) is 0 Å². The molecule has 3 radical (unpaired) electrons. The van der Waals surface area contributed by atoms with E-state index < -0.39 is 9.85 Å². The van der Waals surface area contributed by atoms with E-state index in [2.05, 4.69) is 58.1 Å². The molecule has 0 unspecified atom stereocenters. The molecule has 0 bridgehead atoms. The Hall–Kier alpha value is 1.68. The molecule has 0 saturated heterocycles. The minimum absolute atomic E-state index is 0. The van der Waals surface area contributed by atoms with Gasteiger partial charge in [0.05, 0.1) is 11.4 Å². The Morgan fingerprint density at radius 2 is 0.738 bits per heavy atom. The molecule has 0 saturated carbocycles. The Morgan fingerprint density at radius 3 is 0.833 bits per heavy atom. The summed E-state index contributed by atoms with van der Waals surface area (Å²) >= 11 is 0. The average molecular weight is 1320 g/mol. The van der Waals surface area contributed by atoms with Crippen LogP contribution in [0.25, 0.3) is 16.0 Å². The average Bonchev–Trinajstić information content (AvgIpc) is 2.89. The van der Waals surface area contributed by atoms with Crippen molar-refractivity contribution in [1.29, 1.82) is 0 Å². The molecule has 3 rings (SSSR count). The van der Waals surface area contributed by atoms with Crippen LogP contribution in [-0.4, -0.2) is 59.2 Å². The molecule has 0 fully saturated rings. The molecule has 0 atom stereocenters. The fraction of sp³-hybridized carbons (Fsp3) is 0.308. The number of nitro groups is 2. The number of rotatable bonds is 2. The minimum atomic E-state index is -0.503. The van der Waals surface area contributed by atoms with Gasteiger partial charge in [-0.15, -0.1) is 0 Å². The molecule has 0 aliphatic carbocycles. The third kappa shape index (κ3) is 68.7. The molecule has 231 valence electrons. The number of hydrogen-bond acceptors (Lipinski definition) is 5. The smallest absolute Gasteiger partial charge is 0.0533 e. The van der Waals surface area contributed by atoms with Crippen molar-refractivity contribution in [3.05, 3.63) is 133 Å². The molecule has 0 spiro atoms. The van der Waals surface area contributed by atoms with E-state index in [1.54, 1.807) is 54.4 Å². The topological polar surface area (TPSA) is 155 Å². The Balaban J connectivity index is -0.0000000307. The molecule has 0 aliphatic heterocycles. The molecule has 0 aliphatic rings. The Kier molecular flexibility index (Phi) is 123. The van der Waals surface area contributed by atoms with Crippen LogP contribution in [0.5, 0.6) is 0 Å². The van der Waals surface area contributed by atoms with Gasteiger partial charge in [0.2, 0.25) is 0 Å². The monoisotopic (exact) mass is 1320 g/mol. The first-order valence-corrected chi connectivity index (χ1v) is 9.74. The van der Waals surface area contributed by atoms with Gasteiger partial charge in [-0.25, -0.2) is 24.3 Å². The van der Waals surface area contributed by atoms with Crippen molar-refractivity contribution in [2.75, 3.05) is 49.3 Å². The molecule has 3 aromatic rings. The molecule has 3 aromatic carbocycles. The largest absolute Gasteiger partial charge is 0.668 e. The number of benzene rings is 3. The van der Waals surface area contributed by atoms with Crippen molar-refractivity contribution in [1.82, 2.24) is 0 Å². The third-order valence-electron chi connectivity index (χ3n) is 2.21. The maximum atomic E-state index is 9.96. The molecule has 0 heterocycles. The first-order valence-electron chi connectivity index (χ1n) is 9.74. The van der Waals surface area contributed by atoms with Gasteiger partial charge >= 0.3 is 0 Å². The zero-order valence-electron chi connectivity index (χ0n) is 24.2. The van der Waals surface area contributed by atoms with Gasteiger partial charge in [-0.2, -0.15) is 42.3 Å². The van der Waals surface area contributed by atoms with Crippen molar-refractivity contribution in [2.24, 2.45) is 5.73 Å². The van der Waals surface area contributed by atoms with Gasteiger partial charge < -0.3 is 45.9 Å². The van der Waals surface area contributed by atoms with Gasteiger partial charge in [0.1, 0.15) is 0 Å². The minimum Gasteiger partial charge on any atom is -0.668 e. The number of nitrogens with zero attached hydrogens (tertiary/aromatic N) is 5. The van der Waals surface area contributed by atoms with Crippen LogP contribution in [0.2, 0.25) is 0 Å².